The summed E-state index contributed by atoms with van der Waals surface area (Å²) in [6.45, 7) is 1.40. The predicted molar refractivity (Wildman–Crippen MR) is 75.9 cm³/mol. The molecule has 1 aliphatic heterocycles. The first-order valence-electron chi connectivity index (χ1n) is 6.57. The van der Waals surface area contributed by atoms with Crippen molar-refractivity contribution in [3.63, 3.8) is 0 Å². The van der Waals surface area contributed by atoms with Crippen molar-refractivity contribution in [3.05, 3.63) is 41.0 Å². The number of aromatic nitrogens is 2. The van der Waals surface area contributed by atoms with Gasteiger partial charge in [0, 0.05) is 24.2 Å². The highest BCUT2D eigenvalue weighted by atomic mass is 32.1. The van der Waals surface area contributed by atoms with Crippen LogP contribution in [0.3, 0.4) is 0 Å². The van der Waals surface area contributed by atoms with Gasteiger partial charge in [0.05, 0.1) is 12.1 Å². The molecule has 6 heteroatoms. The Bertz CT molecular complexity index is 559. The molecule has 0 aromatic carbocycles. The number of likely N-dealkylation sites (tertiary alicyclic amines) is 1. The summed E-state index contributed by atoms with van der Waals surface area (Å²) in [5.74, 6) is 0.650. The molecule has 1 saturated heterocycles. The van der Waals surface area contributed by atoms with Gasteiger partial charge in [0.15, 0.2) is 0 Å². The molecule has 0 aliphatic carbocycles. The summed E-state index contributed by atoms with van der Waals surface area (Å²) in [4.78, 5) is 22.1. The number of thiophene rings is 1. The van der Waals surface area contributed by atoms with Crippen LogP contribution in [-0.2, 0) is 0 Å². The highest BCUT2D eigenvalue weighted by Gasteiger charge is 2.26. The van der Waals surface area contributed by atoms with Crippen LogP contribution in [0.1, 0.15) is 23.2 Å². The molecule has 0 bridgehead atoms. The van der Waals surface area contributed by atoms with Crippen molar-refractivity contribution in [2.24, 2.45) is 0 Å². The molecule has 1 unspecified atom stereocenters. The Labute approximate surface area is 121 Å². The molecule has 104 valence electrons. The van der Waals surface area contributed by atoms with Crippen molar-refractivity contribution in [2.45, 2.75) is 18.9 Å². The number of amides is 1. The summed E-state index contributed by atoms with van der Waals surface area (Å²) in [6, 6.07) is 3.60. The summed E-state index contributed by atoms with van der Waals surface area (Å²) in [6.07, 6.45) is 5.01. The van der Waals surface area contributed by atoms with Crippen LogP contribution in [0.4, 0.5) is 0 Å². The fraction of sp³-hybridized carbons (Fsp3) is 0.357. The summed E-state index contributed by atoms with van der Waals surface area (Å²) in [5, 5.41) is 3.81. The Morgan fingerprint density at radius 2 is 2.40 bits per heavy atom. The third kappa shape index (κ3) is 2.96. The minimum absolute atomic E-state index is 0.00114. The van der Waals surface area contributed by atoms with E-state index in [1.54, 1.807) is 12.3 Å². The molecular weight excluding hydrogens is 274 g/mol. The Balaban J connectivity index is 1.63. The van der Waals surface area contributed by atoms with E-state index < -0.39 is 0 Å². The standard InChI is InChI=1S/C14H15N3O2S/c18-14(11-4-7-20-9-11)17-6-1-2-12(8-17)19-13-3-5-15-10-16-13/h3-5,7,9-10,12H,1-2,6,8H2. The molecule has 1 amide bonds. The molecule has 2 aromatic heterocycles. The number of nitrogens with zero attached hydrogens (tertiary/aromatic N) is 3. The van der Waals surface area contributed by atoms with Crippen LogP contribution in [0.5, 0.6) is 5.88 Å². The van der Waals surface area contributed by atoms with Crippen LogP contribution in [0.2, 0.25) is 0 Å². The third-order valence-electron chi connectivity index (χ3n) is 3.28. The van der Waals surface area contributed by atoms with E-state index in [2.05, 4.69) is 9.97 Å². The van der Waals surface area contributed by atoms with Gasteiger partial charge in [0.1, 0.15) is 12.4 Å². The molecule has 0 saturated carbocycles. The number of piperidine rings is 1. The minimum atomic E-state index is 0.00114. The van der Waals surface area contributed by atoms with Gasteiger partial charge >= 0.3 is 0 Å². The number of hydrogen-bond donors (Lipinski definition) is 0. The Hall–Kier alpha value is -1.95. The highest BCUT2D eigenvalue weighted by Crippen LogP contribution is 2.18. The van der Waals surface area contributed by atoms with E-state index in [1.165, 1.54) is 17.7 Å². The zero-order valence-electron chi connectivity index (χ0n) is 10.9. The maximum atomic E-state index is 12.3. The van der Waals surface area contributed by atoms with Gasteiger partial charge in [0.2, 0.25) is 5.88 Å². The Morgan fingerprint density at radius 3 is 3.15 bits per heavy atom. The smallest absolute Gasteiger partial charge is 0.254 e. The zero-order valence-corrected chi connectivity index (χ0v) is 11.8. The molecule has 1 aliphatic rings. The van der Waals surface area contributed by atoms with Gasteiger partial charge in [-0.05, 0) is 24.3 Å². The van der Waals surface area contributed by atoms with Crippen molar-refractivity contribution in [1.82, 2.24) is 14.9 Å². The van der Waals surface area contributed by atoms with E-state index in [4.69, 9.17) is 4.74 Å². The third-order valence-corrected chi connectivity index (χ3v) is 3.96. The minimum Gasteiger partial charge on any atom is -0.472 e. The quantitative estimate of drug-likeness (QED) is 0.869. The largest absolute Gasteiger partial charge is 0.472 e. The van der Waals surface area contributed by atoms with E-state index >= 15 is 0 Å². The Morgan fingerprint density at radius 1 is 1.45 bits per heavy atom. The number of carbonyl (C=O) groups is 1. The lowest BCUT2D eigenvalue weighted by atomic mass is 10.1. The molecule has 1 atom stereocenters. The molecular formula is C14H15N3O2S. The average molecular weight is 289 g/mol. The van der Waals surface area contributed by atoms with Crippen LogP contribution in [-0.4, -0.2) is 40.0 Å². The lowest BCUT2D eigenvalue weighted by Gasteiger charge is -2.32. The lowest BCUT2D eigenvalue weighted by molar-refractivity contribution is 0.0528. The molecule has 1 fully saturated rings. The Kier molecular flexibility index (Phi) is 3.92. The lowest BCUT2D eigenvalue weighted by Crippen LogP contribution is -2.44. The molecule has 2 aromatic rings. The highest BCUT2D eigenvalue weighted by molar-refractivity contribution is 7.08. The van der Waals surface area contributed by atoms with E-state index in [9.17, 15) is 4.79 Å². The van der Waals surface area contributed by atoms with Crippen molar-refractivity contribution in [1.29, 1.82) is 0 Å². The molecule has 0 radical (unpaired) electrons. The van der Waals surface area contributed by atoms with E-state index in [-0.39, 0.29) is 12.0 Å². The monoisotopic (exact) mass is 289 g/mol. The van der Waals surface area contributed by atoms with Crippen LogP contribution < -0.4 is 4.74 Å². The van der Waals surface area contributed by atoms with Crippen molar-refractivity contribution >= 4 is 17.2 Å². The maximum absolute atomic E-state index is 12.3. The van der Waals surface area contributed by atoms with Crippen molar-refractivity contribution in [2.75, 3.05) is 13.1 Å². The van der Waals surface area contributed by atoms with Gasteiger partial charge < -0.3 is 9.64 Å². The van der Waals surface area contributed by atoms with Crippen LogP contribution >= 0.6 is 11.3 Å². The first kappa shape index (κ1) is 13.1. The number of ether oxygens (including phenoxy) is 1. The number of hydrogen-bond acceptors (Lipinski definition) is 5. The van der Waals surface area contributed by atoms with E-state index in [1.807, 2.05) is 21.7 Å². The fourth-order valence-electron chi connectivity index (χ4n) is 2.31. The van der Waals surface area contributed by atoms with Gasteiger partial charge in [-0.3, -0.25) is 4.79 Å². The van der Waals surface area contributed by atoms with Crippen LogP contribution in [0, 0.1) is 0 Å². The second-order valence-electron chi connectivity index (χ2n) is 4.69. The van der Waals surface area contributed by atoms with Gasteiger partial charge in [-0.25, -0.2) is 9.97 Å². The van der Waals surface area contributed by atoms with Crippen LogP contribution in [0.25, 0.3) is 0 Å². The molecule has 3 rings (SSSR count). The van der Waals surface area contributed by atoms with Gasteiger partial charge in [-0.2, -0.15) is 11.3 Å². The van der Waals surface area contributed by atoms with Crippen molar-refractivity contribution < 1.29 is 9.53 Å². The second-order valence-corrected chi connectivity index (χ2v) is 5.47. The van der Waals surface area contributed by atoms with Crippen molar-refractivity contribution in [3.8, 4) is 5.88 Å². The van der Waals surface area contributed by atoms with E-state index in [0.29, 0.717) is 12.4 Å². The van der Waals surface area contributed by atoms with Gasteiger partial charge in [-0.15, -0.1) is 0 Å². The molecule has 5 nitrogen and oxygen atoms in total. The average Bonchev–Trinajstić information content (AvgIpc) is 3.02. The first-order valence-corrected chi connectivity index (χ1v) is 7.51. The number of carbonyl (C=O) groups excluding carboxylic acids is 1. The molecule has 0 spiro atoms. The summed E-state index contributed by atoms with van der Waals surface area (Å²) in [7, 11) is 0. The first-order chi connectivity index (χ1) is 9.83. The predicted octanol–water partition coefficient (Wildman–Crippen LogP) is 2.22. The zero-order chi connectivity index (χ0) is 13.8. The maximum Gasteiger partial charge on any atom is 0.254 e. The summed E-state index contributed by atoms with van der Waals surface area (Å²) < 4.78 is 5.81. The van der Waals surface area contributed by atoms with E-state index in [0.717, 1.165) is 24.9 Å². The number of rotatable bonds is 3. The molecule has 20 heavy (non-hydrogen) atoms. The topological polar surface area (TPSA) is 55.3 Å². The molecule has 3 heterocycles. The fourth-order valence-corrected chi connectivity index (χ4v) is 2.94. The summed E-state index contributed by atoms with van der Waals surface area (Å²) in [5.41, 5.74) is 0.762. The van der Waals surface area contributed by atoms with Gasteiger partial charge in [0.25, 0.3) is 5.91 Å². The second kappa shape index (κ2) is 6.00. The molecule has 0 N–H and O–H groups in total. The van der Waals surface area contributed by atoms with Crippen LogP contribution in [0.15, 0.2) is 35.4 Å². The normalized spacial score (nSPS) is 18.8. The summed E-state index contributed by atoms with van der Waals surface area (Å²) >= 11 is 1.54. The van der Waals surface area contributed by atoms with Gasteiger partial charge in [-0.1, -0.05) is 0 Å². The SMILES string of the molecule is O=C(c1ccsc1)N1CCCC(Oc2ccncn2)C1.